The van der Waals surface area contributed by atoms with Crippen LogP contribution in [0.4, 0.5) is 0 Å². The van der Waals surface area contributed by atoms with Crippen molar-refractivity contribution in [2.45, 2.75) is 49.9 Å². The van der Waals surface area contributed by atoms with Gasteiger partial charge in [0.2, 0.25) is 0 Å². The molecule has 7 unspecified atom stereocenters. The number of hydrogen-bond donors (Lipinski definition) is 0. The summed E-state index contributed by atoms with van der Waals surface area (Å²) in [4.78, 5) is 46.5. The molecular weight excluding hydrogens is 352 g/mol. The van der Waals surface area contributed by atoms with Crippen molar-refractivity contribution in [3.63, 3.8) is 0 Å². The van der Waals surface area contributed by atoms with E-state index in [4.69, 9.17) is 4.18 Å². The topological polar surface area (TPSA) is 113 Å². The van der Waals surface area contributed by atoms with Gasteiger partial charge in [-0.2, -0.15) is 0 Å². The molecule has 4 aliphatic rings. The molecule has 4 rings (SSSR count). The molecule has 136 valence electrons. The number of esters is 4. The van der Waals surface area contributed by atoms with Gasteiger partial charge < -0.3 is 9.47 Å². The van der Waals surface area contributed by atoms with Gasteiger partial charge in [-0.3, -0.25) is 23.4 Å². The summed E-state index contributed by atoms with van der Waals surface area (Å²) in [5, 5.41) is -0.338. The molecule has 25 heavy (non-hydrogen) atoms. The van der Waals surface area contributed by atoms with Gasteiger partial charge in [-0.1, -0.05) is 0 Å². The molecule has 0 N–H and O–H groups in total. The lowest BCUT2D eigenvalue weighted by molar-refractivity contribution is -0.155. The predicted octanol–water partition coefficient (Wildman–Crippen LogP) is 0.403. The summed E-state index contributed by atoms with van der Waals surface area (Å²) in [5.41, 5.74) is 0. The lowest BCUT2D eigenvalue weighted by atomic mass is 9.80. The minimum Gasteiger partial charge on any atom is -0.393 e. The third kappa shape index (κ3) is 2.93. The fourth-order valence-corrected chi connectivity index (χ4v) is 5.62. The Kier molecular flexibility index (Phi) is 4.23. The summed E-state index contributed by atoms with van der Waals surface area (Å²) in [6, 6.07) is 0. The Morgan fingerprint density at radius 2 is 1.24 bits per heavy atom. The van der Waals surface area contributed by atoms with Crippen molar-refractivity contribution in [2.75, 3.05) is 0 Å². The number of carbonyl (C=O) groups is 4. The smallest absolute Gasteiger partial charge is 0.317 e. The first-order valence-electron chi connectivity index (χ1n) is 8.53. The molecule has 4 fully saturated rings. The second-order valence-corrected chi connectivity index (χ2v) is 8.51. The average molecular weight is 370 g/mol. The van der Waals surface area contributed by atoms with E-state index in [0.717, 1.165) is 0 Å². The van der Waals surface area contributed by atoms with E-state index in [9.17, 15) is 23.4 Å². The molecule has 7 atom stereocenters. The van der Waals surface area contributed by atoms with Gasteiger partial charge in [0.25, 0.3) is 0 Å². The van der Waals surface area contributed by atoms with Crippen LogP contribution in [0.2, 0.25) is 0 Å². The van der Waals surface area contributed by atoms with Crippen molar-refractivity contribution < 1.29 is 37.0 Å². The highest BCUT2D eigenvalue weighted by Crippen LogP contribution is 2.41. The number of fused-ring (bicyclic) bond motifs is 2. The zero-order valence-corrected chi connectivity index (χ0v) is 14.2. The van der Waals surface area contributed by atoms with Gasteiger partial charge >= 0.3 is 23.9 Å². The second kappa shape index (κ2) is 6.28. The molecule has 2 heterocycles. The van der Waals surface area contributed by atoms with E-state index in [-0.39, 0.29) is 11.4 Å². The highest BCUT2D eigenvalue weighted by atomic mass is 32.2. The lowest BCUT2D eigenvalue weighted by Gasteiger charge is -2.30. The summed E-state index contributed by atoms with van der Waals surface area (Å²) < 4.78 is 27.5. The standard InChI is InChI=1S/C16H18O8S/c17-13-9-3-1-7(5-11(9)15(19)22-13)24-25(21)8-2-4-10-12(6-8)16(20)23-14(10)18/h7-12H,1-6H2. The van der Waals surface area contributed by atoms with Crippen LogP contribution in [0, 0.1) is 23.7 Å². The van der Waals surface area contributed by atoms with Gasteiger partial charge in [0.1, 0.15) is 0 Å². The first kappa shape index (κ1) is 16.8. The predicted molar refractivity (Wildman–Crippen MR) is 80.7 cm³/mol. The van der Waals surface area contributed by atoms with Crippen LogP contribution < -0.4 is 0 Å². The quantitative estimate of drug-likeness (QED) is 0.518. The first-order chi connectivity index (χ1) is 11.9. The molecule has 2 aliphatic heterocycles. The Morgan fingerprint density at radius 1 is 0.720 bits per heavy atom. The molecular formula is C16H18O8S. The van der Waals surface area contributed by atoms with Crippen molar-refractivity contribution >= 4 is 35.0 Å². The van der Waals surface area contributed by atoms with Crippen LogP contribution in [0.3, 0.4) is 0 Å². The summed E-state index contributed by atoms with van der Waals surface area (Å²) in [6.07, 6.45) is 2.25. The van der Waals surface area contributed by atoms with Gasteiger partial charge in [-0.05, 0) is 38.5 Å². The van der Waals surface area contributed by atoms with E-state index in [1.807, 2.05) is 0 Å². The minimum atomic E-state index is -1.62. The van der Waals surface area contributed by atoms with Gasteiger partial charge in [0.05, 0.1) is 35.0 Å². The van der Waals surface area contributed by atoms with Gasteiger partial charge in [-0.15, -0.1) is 0 Å². The third-order valence-electron chi connectivity index (χ3n) is 5.72. The minimum absolute atomic E-state index is 0.307. The van der Waals surface area contributed by atoms with E-state index < -0.39 is 58.6 Å². The van der Waals surface area contributed by atoms with Crippen molar-refractivity contribution in [3.8, 4) is 0 Å². The van der Waals surface area contributed by atoms with Crippen molar-refractivity contribution in [3.05, 3.63) is 0 Å². The Labute approximate surface area is 146 Å². The van der Waals surface area contributed by atoms with Crippen LogP contribution in [0.25, 0.3) is 0 Å². The van der Waals surface area contributed by atoms with Crippen molar-refractivity contribution in [1.82, 2.24) is 0 Å². The molecule has 9 heteroatoms. The van der Waals surface area contributed by atoms with Crippen molar-refractivity contribution in [1.29, 1.82) is 0 Å². The molecule has 0 aromatic heterocycles. The fourth-order valence-electron chi connectivity index (χ4n) is 4.33. The van der Waals surface area contributed by atoms with Gasteiger partial charge in [0.15, 0.2) is 11.1 Å². The van der Waals surface area contributed by atoms with Crippen LogP contribution in [-0.2, 0) is 43.9 Å². The molecule has 0 spiro atoms. The lowest BCUT2D eigenvalue weighted by Crippen LogP contribution is -2.36. The molecule has 2 saturated carbocycles. The Hall–Kier alpha value is -1.61. The number of carbonyl (C=O) groups excluding carboxylic acids is 4. The molecule has 8 nitrogen and oxygen atoms in total. The first-order valence-corrected chi connectivity index (χ1v) is 9.66. The summed E-state index contributed by atoms with van der Waals surface area (Å²) in [6.45, 7) is 0. The van der Waals surface area contributed by atoms with E-state index in [1.165, 1.54) is 0 Å². The van der Waals surface area contributed by atoms with Crippen LogP contribution in [0.15, 0.2) is 0 Å². The SMILES string of the molecule is O=C1OC(=O)C2CC(OS(=O)C3CCC4C(=O)OC(=O)C4C3)CCC12. The van der Waals surface area contributed by atoms with Gasteiger partial charge in [-0.25, -0.2) is 4.21 Å². The van der Waals surface area contributed by atoms with Crippen LogP contribution in [0.5, 0.6) is 0 Å². The zero-order valence-electron chi connectivity index (χ0n) is 13.4. The zero-order chi connectivity index (χ0) is 17.7. The van der Waals surface area contributed by atoms with Crippen LogP contribution in [-0.4, -0.2) is 39.4 Å². The van der Waals surface area contributed by atoms with Crippen LogP contribution in [0.1, 0.15) is 38.5 Å². The van der Waals surface area contributed by atoms with E-state index in [1.54, 1.807) is 0 Å². The van der Waals surface area contributed by atoms with E-state index >= 15 is 0 Å². The molecule has 0 amide bonds. The Morgan fingerprint density at radius 3 is 1.88 bits per heavy atom. The fraction of sp³-hybridized carbons (Fsp3) is 0.750. The maximum Gasteiger partial charge on any atom is 0.317 e. The largest absolute Gasteiger partial charge is 0.393 e. The number of hydrogen-bond acceptors (Lipinski definition) is 8. The van der Waals surface area contributed by atoms with E-state index in [2.05, 4.69) is 9.47 Å². The Balaban J connectivity index is 1.35. The molecule has 0 aromatic rings. The molecule has 0 bridgehead atoms. The van der Waals surface area contributed by atoms with E-state index in [0.29, 0.717) is 38.5 Å². The molecule has 2 aliphatic carbocycles. The number of rotatable bonds is 3. The van der Waals surface area contributed by atoms with Crippen molar-refractivity contribution in [2.24, 2.45) is 23.7 Å². The maximum absolute atomic E-state index is 12.5. The Bertz CT molecular complexity index is 673. The average Bonchev–Trinajstić information content (AvgIpc) is 3.03. The maximum atomic E-state index is 12.5. The number of cyclic esters (lactones) is 4. The summed E-state index contributed by atoms with van der Waals surface area (Å²) in [5.74, 6) is -3.89. The molecule has 0 radical (unpaired) electrons. The number of ether oxygens (including phenoxy) is 2. The normalized spacial score (nSPS) is 41.8. The third-order valence-corrected chi connectivity index (χ3v) is 7.16. The second-order valence-electron chi connectivity index (χ2n) is 7.13. The molecule has 0 aromatic carbocycles. The van der Waals surface area contributed by atoms with Crippen LogP contribution >= 0.6 is 0 Å². The highest BCUT2D eigenvalue weighted by Gasteiger charge is 2.50. The van der Waals surface area contributed by atoms with Gasteiger partial charge in [0, 0.05) is 0 Å². The molecule has 2 saturated heterocycles. The highest BCUT2D eigenvalue weighted by molar-refractivity contribution is 7.80. The monoisotopic (exact) mass is 370 g/mol. The summed E-state index contributed by atoms with van der Waals surface area (Å²) >= 11 is -1.62. The summed E-state index contributed by atoms with van der Waals surface area (Å²) in [7, 11) is 0.